The van der Waals surface area contributed by atoms with Crippen molar-refractivity contribution in [3.8, 4) is 28.5 Å². The molecule has 3 aromatic heterocycles. The van der Waals surface area contributed by atoms with Crippen LogP contribution in [0.5, 0.6) is 17.2 Å². The molecule has 0 unspecified atom stereocenters. The monoisotopic (exact) mass is 725 g/mol. The first-order chi connectivity index (χ1) is 25.2. The van der Waals surface area contributed by atoms with Crippen LogP contribution < -0.4 is 19.7 Å². The van der Waals surface area contributed by atoms with E-state index in [4.69, 9.17) is 32.4 Å². The molecule has 1 saturated heterocycles. The lowest BCUT2D eigenvalue weighted by atomic mass is 9.79. The molecule has 12 nitrogen and oxygen atoms in total. The van der Waals surface area contributed by atoms with Gasteiger partial charge < -0.3 is 41.8 Å². The molecule has 1 fully saturated rings. The number of furan rings is 2. The normalized spacial score (nSPS) is 14.2. The van der Waals surface area contributed by atoms with Gasteiger partial charge in [-0.25, -0.2) is 9.59 Å². The Bertz CT molecular complexity index is 1980. The van der Waals surface area contributed by atoms with Gasteiger partial charge >= 0.3 is 19.1 Å². The Kier molecular flexibility index (Phi) is 12.0. The summed E-state index contributed by atoms with van der Waals surface area (Å²) in [6.07, 6.45) is 1.68. The third kappa shape index (κ3) is 9.29. The van der Waals surface area contributed by atoms with Crippen LogP contribution in [0.4, 0.5) is 0 Å². The van der Waals surface area contributed by atoms with E-state index in [1.165, 1.54) is 14.2 Å². The molecule has 0 N–H and O–H groups in total. The Morgan fingerprint density at radius 3 is 1.53 bits per heavy atom. The summed E-state index contributed by atoms with van der Waals surface area (Å²) >= 11 is 0. The summed E-state index contributed by atoms with van der Waals surface area (Å²) in [5.74, 6) is 2.73. The lowest BCUT2D eigenvalue weighted by Crippen LogP contribution is -2.41. The topological polar surface area (TPSA) is 138 Å². The number of carbonyl (C=O) groups excluding carboxylic acids is 2. The maximum Gasteiger partial charge on any atom is 0.494 e. The van der Waals surface area contributed by atoms with Crippen molar-refractivity contribution in [2.45, 2.75) is 66.0 Å². The fourth-order valence-corrected chi connectivity index (χ4v) is 5.14. The minimum atomic E-state index is -0.504. The van der Waals surface area contributed by atoms with E-state index in [9.17, 15) is 9.59 Å². The van der Waals surface area contributed by atoms with Crippen molar-refractivity contribution in [3.05, 3.63) is 113 Å². The zero-order valence-electron chi connectivity index (χ0n) is 31.4. The smallest absolute Gasteiger partial charge is 0.494 e. The van der Waals surface area contributed by atoms with Gasteiger partial charge in [0.2, 0.25) is 11.5 Å². The summed E-state index contributed by atoms with van der Waals surface area (Å²) in [7, 11) is 3.84. The first-order valence-corrected chi connectivity index (χ1v) is 16.9. The minimum absolute atomic E-state index is 0.171. The highest BCUT2D eigenvalue weighted by atomic mass is 16.7. The van der Waals surface area contributed by atoms with Gasteiger partial charge in [0.25, 0.3) is 0 Å². The number of rotatable bonds is 11. The average Bonchev–Trinajstić information content (AvgIpc) is 3.80. The Morgan fingerprint density at radius 2 is 1.11 bits per heavy atom. The summed E-state index contributed by atoms with van der Waals surface area (Å²) in [6, 6.07) is 22.3. The van der Waals surface area contributed by atoms with Crippen molar-refractivity contribution >= 4 is 24.5 Å². The van der Waals surface area contributed by atoms with Gasteiger partial charge in [0.05, 0.1) is 44.4 Å². The molecule has 0 saturated carbocycles. The van der Waals surface area contributed by atoms with E-state index in [2.05, 4.69) is 14.5 Å². The fourth-order valence-electron chi connectivity index (χ4n) is 5.14. The second-order valence-electron chi connectivity index (χ2n) is 13.2. The van der Waals surface area contributed by atoms with Gasteiger partial charge in [0, 0.05) is 16.7 Å². The Balaban J connectivity index is 0.000000204. The largest absolute Gasteiger partial charge is 0.495 e. The summed E-state index contributed by atoms with van der Waals surface area (Å²) < 4.78 is 48.9. The molecule has 1 aliphatic rings. The summed E-state index contributed by atoms with van der Waals surface area (Å²) in [5, 5.41) is 0. The minimum Gasteiger partial charge on any atom is -0.495 e. The summed E-state index contributed by atoms with van der Waals surface area (Å²) in [6.45, 7) is 12.3. The van der Waals surface area contributed by atoms with E-state index in [1.54, 1.807) is 39.3 Å². The number of benzene rings is 2. The van der Waals surface area contributed by atoms with Crippen LogP contribution in [0.2, 0.25) is 0 Å². The predicted molar refractivity (Wildman–Crippen MR) is 197 cm³/mol. The van der Waals surface area contributed by atoms with Gasteiger partial charge in [0.15, 0.2) is 0 Å². The number of esters is 2. The Morgan fingerprint density at radius 1 is 0.660 bits per heavy atom. The highest BCUT2D eigenvalue weighted by molar-refractivity contribution is 6.62. The molecular weight excluding hydrogens is 681 g/mol. The second kappa shape index (κ2) is 16.4. The third-order valence-corrected chi connectivity index (χ3v) is 9.13. The Labute approximate surface area is 309 Å². The molecule has 0 radical (unpaired) electrons. The number of pyridine rings is 1. The summed E-state index contributed by atoms with van der Waals surface area (Å²) in [5.41, 5.74) is 3.62. The molecule has 5 aromatic rings. The van der Waals surface area contributed by atoms with E-state index in [0.29, 0.717) is 36.2 Å². The van der Waals surface area contributed by atoms with Crippen molar-refractivity contribution in [1.82, 2.24) is 4.98 Å². The van der Waals surface area contributed by atoms with Crippen molar-refractivity contribution < 1.29 is 51.4 Å². The van der Waals surface area contributed by atoms with Gasteiger partial charge in [-0.15, -0.1) is 0 Å². The van der Waals surface area contributed by atoms with E-state index in [-0.39, 0.29) is 22.7 Å². The molecule has 0 atom stereocenters. The highest BCUT2D eigenvalue weighted by Gasteiger charge is 2.51. The van der Waals surface area contributed by atoms with E-state index in [0.717, 1.165) is 33.6 Å². The van der Waals surface area contributed by atoms with Crippen LogP contribution in [0.25, 0.3) is 11.3 Å². The third-order valence-electron chi connectivity index (χ3n) is 9.13. The van der Waals surface area contributed by atoms with E-state index in [1.807, 2.05) is 88.4 Å². The molecule has 0 aliphatic carbocycles. The van der Waals surface area contributed by atoms with Crippen molar-refractivity contribution in [3.63, 3.8) is 0 Å². The van der Waals surface area contributed by atoms with Gasteiger partial charge in [0.1, 0.15) is 42.0 Å². The first-order valence-electron chi connectivity index (χ1n) is 16.9. The molecule has 0 spiro atoms. The molecule has 1 aliphatic heterocycles. The van der Waals surface area contributed by atoms with E-state index < -0.39 is 19.1 Å². The standard InChI is InChI=1S/C20H25BO6.C20H19NO5/c1-13-14(11-17(25-13)18(22)23-6)12-24-16-9-7-15(8-10-16)21-26-19(2,3)20(4,5)27-21;1-13-15(10-19(26-13)20(22)24-3)12-25-16-6-4-14(5-7-16)18-9-8-17(23-2)11-21-18/h7-11H,12H2,1-6H3;4-11H,12H2,1-3H3. The van der Waals surface area contributed by atoms with Crippen LogP contribution in [0.15, 0.2) is 87.8 Å². The molecule has 2 aromatic carbocycles. The lowest BCUT2D eigenvalue weighted by molar-refractivity contribution is 0.00578. The van der Waals surface area contributed by atoms with Crippen molar-refractivity contribution in [1.29, 1.82) is 0 Å². The van der Waals surface area contributed by atoms with Crippen LogP contribution in [-0.4, -0.2) is 56.6 Å². The van der Waals surface area contributed by atoms with Gasteiger partial charge in [-0.3, -0.25) is 4.98 Å². The molecule has 4 heterocycles. The van der Waals surface area contributed by atoms with Crippen molar-refractivity contribution in [2.24, 2.45) is 0 Å². The van der Waals surface area contributed by atoms with Gasteiger partial charge in [-0.1, -0.05) is 12.1 Å². The number of aromatic nitrogens is 1. The number of ether oxygens (including phenoxy) is 5. The quantitative estimate of drug-likeness (QED) is 0.1000. The predicted octanol–water partition coefficient (Wildman–Crippen LogP) is 7.28. The Hall–Kier alpha value is -5.53. The molecule has 0 bridgehead atoms. The van der Waals surface area contributed by atoms with Crippen LogP contribution in [0.3, 0.4) is 0 Å². The highest BCUT2D eigenvalue weighted by Crippen LogP contribution is 2.36. The molecule has 13 heteroatoms. The van der Waals surface area contributed by atoms with Gasteiger partial charge in [-0.2, -0.15) is 0 Å². The van der Waals surface area contributed by atoms with Crippen LogP contribution in [0.1, 0.15) is 71.5 Å². The molecule has 278 valence electrons. The van der Waals surface area contributed by atoms with Crippen LogP contribution >= 0.6 is 0 Å². The fraction of sp³-hybridized carbons (Fsp3) is 0.325. The SMILES string of the molecule is COC(=O)c1cc(COc2ccc(-c3ccc(OC)cn3)cc2)c(C)o1.COC(=O)c1cc(COc2ccc(B3OC(C)(C)C(C)(C)O3)cc2)c(C)o1. The lowest BCUT2D eigenvalue weighted by Gasteiger charge is -2.32. The number of hydrogen-bond acceptors (Lipinski definition) is 12. The molecule has 53 heavy (non-hydrogen) atoms. The zero-order valence-corrected chi connectivity index (χ0v) is 31.4. The first kappa shape index (κ1) is 38.7. The van der Waals surface area contributed by atoms with Gasteiger partial charge in [-0.05, 0) is 108 Å². The van der Waals surface area contributed by atoms with E-state index >= 15 is 0 Å². The maximum absolute atomic E-state index is 11.5. The zero-order chi connectivity index (χ0) is 38.3. The van der Waals surface area contributed by atoms with Crippen LogP contribution in [0, 0.1) is 13.8 Å². The summed E-state index contributed by atoms with van der Waals surface area (Å²) in [4.78, 5) is 27.4. The number of methoxy groups -OCH3 is 3. The number of carbonyl (C=O) groups is 2. The van der Waals surface area contributed by atoms with Crippen LogP contribution in [-0.2, 0) is 32.0 Å². The number of aryl methyl sites for hydroxylation is 2. The average molecular weight is 726 g/mol. The molecular formula is C40H44BNO11. The molecule has 6 rings (SSSR count). The number of nitrogens with zero attached hydrogens (tertiary/aromatic N) is 1. The number of hydrogen-bond donors (Lipinski definition) is 0. The second-order valence-corrected chi connectivity index (χ2v) is 13.2. The maximum atomic E-state index is 11.5. The van der Waals surface area contributed by atoms with Crippen molar-refractivity contribution in [2.75, 3.05) is 21.3 Å². The molecule has 0 amide bonds.